The number of benzene rings is 1. The van der Waals surface area contributed by atoms with Crippen LogP contribution in [0.3, 0.4) is 0 Å². The fourth-order valence-electron chi connectivity index (χ4n) is 2.72. The lowest BCUT2D eigenvalue weighted by Crippen LogP contribution is -2.41. The zero-order valence-electron chi connectivity index (χ0n) is 15.2. The highest BCUT2D eigenvalue weighted by molar-refractivity contribution is 14.1. The van der Waals surface area contributed by atoms with Crippen molar-refractivity contribution >= 4 is 40.0 Å². The summed E-state index contributed by atoms with van der Waals surface area (Å²) in [7, 11) is 0. The van der Waals surface area contributed by atoms with Gasteiger partial charge in [0.2, 0.25) is 0 Å². The van der Waals surface area contributed by atoms with Gasteiger partial charge < -0.3 is 10.6 Å². The van der Waals surface area contributed by atoms with Gasteiger partial charge in [-0.05, 0) is 53.6 Å². The predicted octanol–water partition coefficient (Wildman–Crippen LogP) is 2.72. The Morgan fingerprint density at radius 2 is 2.00 bits per heavy atom. The first-order chi connectivity index (χ1) is 12.8. The summed E-state index contributed by atoms with van der Waals surface area (Å²) < 4.78 is 15.1. The van der Waals surface area contributed by atoms with Crippen LogP contribution < -0.4 is 21.9 Å². The number of H-pyrrole nitrogens is 1. The molecule has 3 N–H and O–H groups in total. The lowest BCUT2D eigenvalue weighted by Gasteiger charge is -2.25. The highest BCUT2D eigenvalue weighted by Crippen LogP contribution is 2.23. The first kappa shape index (κ1) is 21.1. The van der Waals surface area contributed by atoms with Gasteiger partial charge in [0.25, 0.3) is 11.5 Å². The van der Waals surface area contributed by atoms with E-state index in [0.29, 0.717) is 23.0 Å². The molecule has 1 heterocycles. The van der Waals surface area contributed by atoms with E-state index in [4.69, 9.17) is 5.73 Å². The van der Waals surface area contributed by atoms with E-state index in [1.54, 1.807) is 0 Å². The van der Waals surface area contributed by atoms with Crippen molar-refractivity contribution in [1.29, 1.82) is 0 Å². The van der Waals surface area contributed by atoms with Crippen LogP contribution in [0, 0.1) is 9.39 Å². The summed E-state index contributed by atoms with van der Waals surface area (Å²) in [5.74, 6) is -0.969. The predicted molar refractivity (Wildman–Crippen MR) is 112 cm³/mol. The van der Waals surface area contributed by atoms with E-state index < -0.39 is 23.0 Å². The van der Waals surface area contributed by atoms with Crippen molar-refractivity contribution in [2.75, 3.05) is 17.2 Å². The van der Waals surface area contributed by atoms with Crippen LogP contribution in [0.15, 0.2) is 27.8 Å². The van der Waals surface area contributed by atoms with Gasteiger partial charge in [-0.25, -0.2) is 9.18 Å². The number of nitrogens with two attached hydrogens (primary N) is 1. The monoisotopic (exact) mass is 488 g/mol. The number of hydrogen-bond acceptors (Lipinski definition) is 4. The SMILES string of the molecule is CCCCN(C(=O)c1ccc(F)cc1I)c1c(N)n(CCC)c(=O)[nH]c1=O. The molecule has 2 aromatic rings. The molecule has 0 radical (unpaired) electrons. The molecule has 0 aliphatic rings. The number of carbonyl (C=O) groups excluding carboxylic acids is 1. The maximum atomic E-state index is 13.4. The summed E-state index contributed by atoms with van der Waals surface area (Å²) in [6, 6.07) is 3.82. The lowest BCUT2D eigenvalue weighted by molar-refractivity contribution is 0.0985. The van der Waals surface area contributed by atoms with Gasteiger partial charge in [-0.15, -0.1) is 0 Å². The standard InChI is InChI=1S/C18H22FIN4O3/c1-3-5-9-23(17(26)12-7-6-11(19)10-13(12)20)14-15(21)24(8-4-2)18(27)22-16(14)25/h6-7,10H,3-5,8-9,21H2,1-2H3,(H,22,25,27). The number of nitrogen functional groups attached to an aromatic ring is 1. The fraction of sp³-hybridized carbons (Fsp3) is 0.389. The van der Waals surface area contributed by atoms with Crippen molar-refractivity contribution in [3.05, 3.63) is 54.0 Å². The number of amides is 1. The molecule has 0 atom stereocenters. The van der Waals surface area contributed by atoms with E-state index in [2.05, 4.69) is 4.98 Å². The molecule has 0 aliphatic carbocycles. The molecular weight excluding hydrogens is 466 g/mol. The summed E-state index contributed by atoms with van der Waals surface area (Å²) in [5, 5.41) is 0. The zero-order chi connectivity index (χ0) is 20.1. The molecule has 7 nitrogen and oxygen atoms in total. The molecule has 0 saturated heterocycles. The Hall–Kier alpha value is -2.17. The first-order valence-electron chi connectivity index (χ1n) is 8.71. The number of nitrogens with zero attached hydrogens (tertiary/aromatic N) is 2. The largest absolute Gasteiger partial charge is 0.383 e. The van der Waals surface area contributed by atoms with Crippen LogP contribution in [0.25, 0.3) is 0 Å². The number of hydrogen-bond donors (Lipinski definition) is 2. The van der Waals surface area contributed by atoms with Gasteiger partial charge in [0, 0.05) is 16.7 Å². The molecule has 0 fully saturated rings. The minimum absolute atomic E-state index is 0.0489. The maximum absolute atomic E-state index is 13.4. The van der Waals surface area contributed by atoms with E-state index >= 15 is 0 Å². The Kier molecular flexibility index (Phi) is 7.17. The Bertz CT molecular complexity index is 955. The molecule has 1 aromatic carbocycles. The third-order valence-electron chi connectivity index (χ3n) is 4.07. The molecule has 1 amide bonds. The van der Waals surface area contributed by atoms with Gasteiger partial charge >= 0.3 is 5.69 Å². The zero-order valence-corrected chi connectivity index (χ0v) is 17.4. The highest BCUT2D eigenvalue weighted by Gasteiger charge is 2.26. The van der Waals surface area contributed by atoms with Crippen LogP contribution in [0.5, 0.6) is 0 Å². The minimum atomic E-state index is -0.716. The summed E-state index contributed by atoms with van der Waals surface area (Å²) in [5.41, 5.74) is 4.99. The van der Waals surface area contributed by atoms with Crippen LogP contribution in [-0.2, 0) is 6.54 Å². The van der Waals surface area contributed by atoms with Crippen LogP contribution in [-0.4, -0.2) is 22.0 Å². The van der Waals surface area contributed by atoms with Crippen molar-refractivity contribution in [1.82, 2.24) is 9.55 Å². The van der Waals surface area contributed by atoms with E-state index in [0.717, 1.165) is 6.42 Å². The quantitative estimate of drug-likeness (QED) is 0.586. The molecule has 0 spiro atoms. The third kappa shape index (κ3) is 4.57. The summed E-state index contributed by atoms with van der Waals surface area (Å²) in [4.78, 5) is 41.2. The molecule has 9 heteroatoms. The number of rotatable bonds is 7. The molecule has 0 aliphatic heterocycles. The van der Waals surface area contributed by atoms with E-state index in [-0.39, 0.29) is 23.6 Å². The van der Waals surface area contributed by atoms with Crippen LogP contribution in [0.4, 0.5) is 15.9 Å². The number of anilines is 2. The minimum Gasteiger partial charge on any atom is -0.383 e. The molecule has 0 unspecified atom stereocenters. The number of unbranched alkanes of at least 4 members (excludes halogenated alkanes) is 1. The van der Waals surface area contributed by atoms with Crippen molar-refractivity contribution in [2.24, 2.45) is 0 Å². The smallest absolute Gasteiger partial charge is 0.330 e. The molecule has 1 aromatic heterocycles. The highest BCUT2D eigenvalue weighted by atomic mass is 127. The topological polar surface area (TPSA) is 101 Å². The second-order valence-electron chi connectivity index (χ2n) is 6.08. The van der Waals surface area contributed by atoms with Crippen molar-refractivity contribution in [2.45, 2.75) is 39.7 Å². The van der Waals surface area contributed by atoms with Gasteiger partial charge in [-0.3, -0.25) is 19.1 Å². The number of aromatic nitrogens is 2. The Morgan fingerprint density at radius 3 is 2.59 bits per heavy atom. The molecule has 146 valence electrons. The molecule has 0 saturated carbocycles. The number of halogens is 2. The summed E-state index contributed by atoms with van der Waals surface area (Å²) in [6.45, 7) is 4.40. The molecule has 0 bridgehead atoms. The second kappa shape index (κ2) is 9.16. The van der Waals surface area contributed by atoms with E-state index in [1.807, 2.05) is 36.4 Å². The third-order valence-corrected chi connectivity index (χ3v) is 4.97. The van der Waals surface area contributed by atoms with Crippen LogP contribution in [0.2, 0.25) is 0 Å². The van der Waals surface area contributed by atoms with Gasteiger partial charge in [-0.1, -0.05) is 20.3 Å². The number of aromatic amines is 1. The molecule has 27 heavy (non-hydrogen) atoms. The van der Waals surface area contributed by atoms with E-state index in [9.17, 15) is 18.8 Å². The van der Waals surface area contributed by atoms with Gasteiger partial charge in [0.1, 0.15) is 11.6 Å². The summed E-state index contributed by atoms with van der Waals surface area (Å²) >= 11 is 1.87. The number of nitrogens with one attached hydrogen (secondary N) is 1. The van der Waals surface area contributed by atoms with Crippen molar-refractivity contribution in [3.8, 4) is 0 Å². The normalized spacial score (nSPS) is 10.8. The Morgan fingerprint density at radius 1 is 1.30 bits per heavy atom. The average Bonchev–Trinajstić information content (AvgIpc) is 2.60. The second-order valence-corrected chi connectivity index (χ2v) is 7.24. The number of carbonyl (C=O) groups is 1. The molecular formula is C18H22FIN4O3. The molecule has 2 rings (SSSR count). The first-order valence-corrected chi connectivity index (χ1v) is 9.79. The van der Waals surface area contributed by atoms with Gasteiger partial charge in [0.15, 0.2) is 5.69 Å². The average molecular weight is 488 g/mol. The van der Waals surface area contributed by atoms with Crippen LogP contribution >= 0.6 is 22.6 Å². The van der Waals surface area contributed by atoms with Gasteiger partial charge in [0.05, 0.1) is 5.56 Å². The Labute approximate surface area is 169 Å². The van der Waals surface area contributed by atoms with Crippen LogP contribution in [0.1, 0.15) is 43.5 Å². The maximum Gasteiger partial charge on any atom is 0.330 e. The summed E-state index contributed by atoms with van der Waals surface area (Å²) in [6.07, 6.45) is 2.06. The fourth-order valence-corrected chi connectivity index (χ4v) is 3.43. The van der Waals surface area contributed by atoms with Gasteiger partial charge in [-0.2, -0.15) is 0 Å². The van der Waals surface area contributed by atoms with Crippen molar-refractivity contribution in [3.63, 3.8) is 0 Å². The van der Waals surface area contributed by atoms with E-state index in [1.165, 1.54) is 27.7 Å². The van der Waals surface area contributed by atoms with Crippen molar-refractivity contribution < 1.29 is 9.18 Å². The lowest BCUT2D eigenvalue weighted by atomic mass is 10.1. The Balaban J connectivity index is 2.63.